The van der Waals surface area contributed by atoms with E-state index in [2.05, 4.69) is 0 Å². The lowest BCUT2D eigenvalue weighted by atomic mass is 9.89. The highest BCUT2D eigenvalue weighted by Crippen LogP contribution is 2.42. The predicted molar refractivity (Wildman–Crippen MR) is 171 cm³/mol. The molecule has 4 aromatic carbocycles. The van der Waals surface area contributed by atoms with Crippen LogP contribution in [0.5, 0.6) is 17.2 Å². The molecule has 1 aliphatic heterocycles. The average Bonchev–Trinajstić information content (AvgIpc) is 3.37. The molecule has 0 spiro atoms. The molecule has 0 saturated carbocycles. The molecule has 0 bridgehead atoms. The number of thiazole rings is 1. The lowest BCUT2D eigenvalue weighted by Gasteiger charge is -2.28. The molecule has 0 saturated heterocycles. The normalized spacial score (nSPS) is 14.6. The van der Waals surface area contributed by atoms with Gasteiger partial charge < -0.3 is 18.9 Å². The standard InChI is InChI=1S/C35H30N2O6S/c1-5-43-34(39)30-31(22-12-7-6-8-13-22)36-35-37(32(30)29-25-14-10-9-11-21(25)15-17-27(29)42-4)33(38)28(44-35)20-23-19-24(40-2)16-18-26(23)41-3/h6-20,32H,5H2,1-4H3/b28-20+/t32-/m1/s1. The number of hydrogen-bond donors (Lipinski definition) is 0. The summed E-state index contributed by atoms with van der Waals surface area (Å²) in [6.07, 6.45) is 1.76. The minimum Gasteiger partial charge on any atom is -0.497 e. The van der Waals surface area contributed by atoms with Crippen molar-refractivity contribution >= 4 is 39.9 Å². The number of methoxy groups -OCH3 is 3. The largest absolute Gasteiger partial charge is 0.497 e. The van der Waals surface area contributed by atoms with E-state index in [0.717, 1.165) is 16.3 Å². The summed E-state index contributed by atoms with van der Waals surface area (Å²) in [5.41, 5.74) is 2.45. The maximum Gasteiger partial charge on any atom is 0.338 e. The summed E-state index contributed by atoms with van der Waals surface area (Å²) in [5.74, 6) is 1.19. The second-order valence-corrected chi connectivity index (χ2v) is 11.0. The Balaban J connectivity index is 1.74. The molecule has 9 heteroatoms. The van der Waals surface area contributed by atoms with Gasteiger partial charge in [0.05, 0.1) is 43.7 Å². The fourth-order valence-corrected chi connectivity index (χ4v) is 6.53. The summed E-state index contributed by atoms with van der Waals surface area (Å²) in [7, 11) is 4.74. The first-order chi connectivity index (χ1) is 21.5. The van der Waals surface area contributed by atoms with Gasteiger partial charge in [0.2, 0.25) is 0 Å². The SMILES string of the molecule is CCOC(=O)C1=C(c2ccccc2)N=c2s/c(=C/c3cc(OC)ccc3OC)c(=O)n2[C@@H]1c1c(OC)ccc2ccccc12. The Hall–Kier alpha value is -5.15. The first-order valence-electron chi connectivity index (χ1n) is 14.0. The number of ether oxygens (including phenoxy) is 4. The van der Waals surface area contributed by atoms with Crippen molar-refractivity contribution < 1.29 is 23.7 Å². The Labute approximate surface area is 257 Å². The van der Waals surface area contributed by atoms with E-state index in [1.54, 1.807) is 51.0 Å². The molecule has 44 heavy (non-hydrogen) atoms. The lowest BCUT2D eigenvalue weighted by molar-refractivity contribution is -0.138. The fourth-order valence-electron chi connectivity index (χ4n) is 5.54. The molecule has 0 N–H and O–H groups in total. The van der Waals surface area contributed by atoms with Crippen LogP contribution >= 0.6 is 11.3 Å². The van der Waals surface area contributed by atoms with Crippen LogP contribution in [0, 0.1) is 0 Å². The number of fused-ring (bicyclic) bond motifs is 2. The number of esters is 1. The first-order valence-corrected chi connectivity index (χ1v) is 14.9. The third-order valence-electron chi connectivity index (χ3n) is 7.52. The van der Waals surface area contributed by atoms with Gasteiger partial charge in [0, 0.05) is 16.7 Å². The summed E-state index contributed by atoms with van der Waals surface area (Å²) in [4.78, 5) is 33.8. The third kappa shape index (κ3) is 5.05. The molecule has 0 fully saturated rings. The molecule has 1 aromatic heterocycles. The van der Waals surface area contributed by atoms with Gasteiger partial charge in [-0.1, -0.05) is 72.0 Å². The van der Waals surface area contributed by atoms with Gasteiger partial charge in [-0.3, -0.25) is 9.36 Å². The van der Waals surface area contributed by atoms with Gasteiger partial charge in [-0.25, -0.2) is 9.79 Å². The molecule has 0 unspecified atom stereocenters. The number of benzene rings is 4. The Bertz CT molecular complexity index is 2100. The van der Waals surface area contributed by atoms with Crippen LogP contribution in [0.3, 0.4) is 0 Å². The maximum atomic E-state index is 14.5. The molecule has 6 rings (SSSR count). The number of carbonyl (C=O) groups is 1. The van der Waals surface area contributed by atoms with Crippen molar-refractivity contribution in [2.24, 2.45) is 4.99 Å². The molecule has 1 atom stereocenters. The Morgan fingerprint density at radius 2 is 1.64 bits per heavy atom. The Kier molecular flexibility index (Phi) is 8.04. The summed E-state index contributed by atoms with van der Waals surface area (Å²) in [6, 6.07) is 25.6. The molecular formula is C35H30N2O6S. The van der Waals surface area contributed by atoms with Gasteiger partial charge in [0.25, 0.3) is 5.56 Å². The molecule has 222 valence electrons. The van der Waals surface area contributed by atoms with Crippen molar-refractivity contribution in [2.45, 2.75) is 13.0 Å². The van der Waals surface area contributed by atoms with Crippen molar-refractivity contribution in [3.63, 3.8) is 0 Å². The summed E-state index contributed by atoms with van der Waals surface area (Å²) in [6.45, 7) is 1.91. The third-order valence-corrected chi connectivity index (χ3v) is 8.50. The number of rotatable bonds is 8. The zero-order valence-corrected chi connectivity index (χ0v) is 25.5. The van der Waals surface area contributed by atoms with Gasteiger partial charge in [0.15, 0.2) is 4.80 Å². The molecule has 1 aliphatic rings. The fraction of sp³-hybridized carbons (Fsp3) is 0.171. The average molecular weight is 607 g/mol. The smallest absolute Gasteiger partial charge is 0.338 e. The van der Waals surface area contributed by atoms with Gasteiger partial charge >= 0.3 is 5.97 Å². The van der Waals surface area contributed by atoms with E-state index in [1.807, 2.05) is 72.8 Å². The molecule has 0 amide bonds. The molecule has 0 radical (unpaired) electrons. The van der Waals surface area contributed by atoms with Crippen molar-refractivity contribution in [3.8, 4) is 17.2 Å². The number of aromatic nitrogens is 1. The topological polar surface area (TPSA) is 88.4 Å². The van der Waals surface area contributed by atoms with Crippen LogP contribution < -0.4 is 29.1 Å². The van der Waals surface area contributed by atoms with E-state index in [1.165, 1.54) is 11.3 Å². The summed E-state index contributed by atoms with van der Waals surface area (Å²) in [5, 5.41) is 1.78. The maximum absolute atomic E-state index is 14.5. The highest BCUT2D eigenvalue weighted by molar-refractivity contribution is 7.07. The minimum absolute atomic E-state index is 0.157. The van der Waals surface area contributed by atoms with E-state index in [4.69, 9.17) is 23.9 Å². The zero-order valence-electron chi connectivity index (χ0n) is 24.7. The van der Waals surface area contributed by atoms with Crippen LogP contribution in [0.15, 0.2) is 100 Å². The van der Waals surface area contributed by atoms with Crippen molar-refractivity contribution in [1.82, 2.24) is 4.57 Å². The quantitative estimate of drug-likeness (QED) is 0.228. The van der Waals surface area contributed by atoms with E-state index in [9.17, 15) is 9.59 Å². The van der Waals surface area contributed by atoms with E-state index >= 15 is 0 Å². The molecular weight excluding hydrogens is 576 g/mol. The van der Waals surface area contributed by atoms with Crippen LogP contribution in [0.2, 0.25) is 0 Å². The molecule has 5 aromatic rings. The van der Waals surface area contributed by atoms with Crippen LogP contribution in [-0.4, -0.2) is 38.5 Å². The van der Waals surface area contributed by atoms with Gasteiger partial charge in [-0.15, -0.1) is 0 Å². The van der Waals surface area contributed by atoms with Crippen molar-refractivity contribution in [2.75, 3.05) is 27.9 Å². The number of nitrogens with zero attached hydrogens (tertiary/aromatic N) is 2. The second kappa shape index (κ2) is 12.2. The summed E-state index contributed by atoms with van der Waals surface area (Å²) >= 11 is 1.24. The molecule has 0 aliphatic carbocycles. The van der Waals surface area contributed by atoms with Gasteiger partial charge in [-0.2, -0.15) is 0 Å². The highest BCUT2D eigenvalue weighted by atomic mass is 32.1. The monoisotopic (exact) mass is 606 g/mol. The Morgan fingerprint density at radius 3 is 2.36 bits per heavy atom. The van der Waals surface area contributed by atoms with Gasteiger partial charge in [0.1, 0.15) is 23.3 Å². The molecule has 2 heterocycles. The second-order valence-electron chi connectivity index (χ2n) is 9.94. The van der Waals surface area contributed by atoms with E-state index in [0.29, 0.717) is 43.4 Å². The van der Waals surface area contributed by atoms with Gasteiger partial charge in [-0.05, 0) is 48.0 Å². The van der Waals surface area contributed by atoms with Crippen LogP contribution in [0.1, 0.15) is 29.7 Å². The lowest BCUT2D eigenvalue weighted by Crippen LogP contribution is -2.40. The number of carbonyl (C=O) groups excluding carboxylic acids is 1. The predicted octanol–water partition coefficient (Wildman–Crippen LogP) is 5.11. The van der Waals surface area contributed by atoms with Crippen LogP contribution in [0.4, 0.5) is 0 Å². The zero-order chi connectivity index (χ0) is 30.8. The van der Waals surface area contributed by atoms with E-state index in [-0.39, 0.29) is 17.7 Å². The molecule has 8 nitrogen and oxygen atoms in total. The number of hydrogen-bond acceptors (Lipinski definition) is 8. The first kappa shape index (κ1) is 28.9. The van der Waals surface area contributed by atoms with Crippen molar-refractivity contribution in [1.29, 1.82) is 0 Å². The highest BCUT2D eigenvalue weighted by Gasteiger charge is 2.37. The van der Waals surface area contributed by atoms with Crippen molar-refractivity contribution in [3.05, 3.63) is 127 Å². The summed E-state index contributed by atoms with van der Waals surface area (Å²) < 4.78 is 24.5. The van der Waals surface area contributed by atoms with E-state index < -0.39 is 12.0 Å². The van der Waals surface area contributed by atoms with Crippen LogP contribution in [-0.2, 0) is 9.53 Å². The Morgan fingerprint density at radius 1 is 0.909 bits per heavy atom. The minimum atomic E-state index is -0.893. The van der Waals surface area contributed by atoms with Crippen LogP contribution in [0.25, 0.3) is 22.5 Å².